The third-order valence-corrected chi connectivity index (χ3v) is 4.59. The van der Waals surface area contributed by atoms with E-state index in [0.29, 0.717) is 24.9 Å². The number of nitrogens with one attached hydrogen (secondary N) is 2. The van der Waals surface area contributed by atoms with Gasteiger partial charge in [-0.2, -0.15) is 0 Å². The van der Waals surface area contributed by atoms with Crippen LogP contribution in [0.4, 0.5) is 0 Å². The van der Waals surface area contributed by atoms with Gasteiger partial charge in [-0.1, -0.05) is 42.5 Å². The smallest absolute Gasteiger partial charge is 0.191 e. The quantitative estimate of drug-likeness (QED) is 0.215. The van der Waals surface area contributed by atoms with E-state index in [1.54, 1.807) is 25.3 Å². The summed E-state index contributed by atoms with van der Waals surface area (Å²) in [6, 6.07) is 21.5. The van der Waals surface area contributed by atoms with E-state index in [1.165, 1.54) is 0 Å². The van der Waals surface area contributed by atoms with E-state index in [4.69, 9.17) is 9.15 Å². The number of benzene rings is 2. The fourth-order valence-corrected chi connectivity index (χ4v) is 2.87. The highest BCUT2D eigenvalue weighted by Crippen LogP contribution is 2.19. The van der Waals surface area contributed by atoms with Crippen molar-refractivity contribution in [1.82, 2.24) is 10.6 Å². The summed E-state index contributed by atoms with van der Waals surface area (Å²) in [5, 5.41) is 17.0. The Morgan fingerprint density at radius 1 is 1.00 bits per heavy atom. The van der Waals surface area contributed by atoms with Crippen molar-refractivity contribution >= 4 is 29.9 Å². The minimum absolute atomic E-state index is 0. The number of aliphatic hydroxyl groups is 1. The highest BCUT2D eigenvalue weighted by atomic mass is 127. The fourth-order valence-electron chi connectivity index (χ4n) is 2.87. The molecule has 3 N–H and O–H groups in total. The monoisotopic (exact) mass is 535 g/mol. The highest BCUT2D eigenvalue weighted by Gasteiger charge is 2.26. The SMILES string of the molecule is CCNC(=NCc1ccc(OCc2ccccc2)cc1)NCC(C)(O)c1ccco1.I. The van der Waals surface area contributed by atoms with Crippen LogP contribution in [0.5, 0.6) is 5.75 Å². The summed E-state index contributed by atoms with van der Waals surface area (Å²) in [5.74, 6) is 1.97. The van der Waals surface area contributed by atoms with Gasteiger partial charge in [-0.15, -0.1) is 24.0 Å². The molecule has 1 atom stereocenters. The third kappa shape index (κ3) is 7.91. The zero-order chi connectivity index (χ0) is 21.2. The molecule has 2 aromatic carbocycles. The molecule has 0 aliphatic carbocycles. The minimum Gasteiger partial charge on any atom is -0.489 e. The Hall–Kier alpha value is -2.52. The first-order chi connectivity index (χ1) is 14.6. The molecular formula is C24H30IN3O3. The van der Waals surface area contributed by atoms with Gasteiger partial charge >= 0.3 is 0 Å². The molecule has 166 valence electrons. The molecule has 1 unspecified atom stereocenters. The van der Waals surface area contributed by atoms with Crippen LogP contribution >= 0.6 is 24.0 Å². The van der Waals surface area contributed by atoms with Gasteiger partial charge in [-0.25, -0.2) is 4.99 Å². The number of hydrogen-bond donors (Lipinski definition) is 3. The standard InChI is InChI=1S/C24H29N3O3.HI/c1-3-25-23(27-18-24(2,28)22-10-7-15-29-22)26-16-19-11-13-21(14-12-19)30-17-20-8-5-4-6-9-20;/h4-15,28H,3,16-18H2,1-2H3,(H2,25,26,27);1H. The molecule has 7 heteroatoms. The third-order valence-electron chi connectivity index (χ3n) is 4.59. The average Bonchev–Trinajstić information content (AvgIpc) is 3.32. The van der Waals surface area contributed by atoms with E-state index in [1.807, 2.05) is 61.5 Å². The lowest BCUT2D eigenvalue weighted by atomic mass is 10.0. The molecule has 1 heterocycles. The number of rotatable bonds is 9. The molecule has 0 aliphatic heterocycles. The Morgan fingerprint density at radius 3 is 2.39 bits per heavy atom. The van der Waals surface area contributed by atoms with Crippen molar-refractivity contribution in [2.75, 3.05) is 13.1 Å². The number of furan rings is 1. The summed E-state index contributed by atoms with van der Waals surface area (Å²) in [7, 11) is 0. The van der Waals surface area contributed by atoms with E-state index in [2.05, 4.69) is 15.6 Å². The summed E-state index contributed by atoms with van der Waals surface area (Å²) in [6.45, 7) is 5.76. The normalized spacial score (nSPS) is 13.1. The maximum absolute atomic E-state index is 10.6. The van der Waals surface area contributed by atoms with Gasteiger partial charge in [0, 0.05) is 6.54 Å². The first-order valence-corrected chi connectivity index (χ1v) is 10.1. The molecule has 3 rings (SSSR count). The van der Waals surface area contributed by atoms with E-state index < -0.39 is 5.60 Å². The summed E-state index contributed by atoms with van der Waals surface area (Å²) in [6.07, 6.45) is 1.55. The van der Waals surface area contributed by atoms with E-state index in [-0.39, 0.29) is 30.5 Å². The maximum Gasteiger partial charge on any atom is 0.191 e. The number of halogens is 1. The van der Waals surface area contributed by atoms with Crippen LogP contribution < -0.4 is 15.4 Å². The van der Waals surface area contributed by atoms with E-state index >= 15 is 0 Å². The molecule has 0 radical (unpaired) electrons. The maximum atomic E-state index is 10.6. The lowest BCUT2D eigenvalue weighted by Gasteiger charge is -2.22. The second-order valence-corrected chi connectivity index (χ2v) is 7.22. The molecule has 3 aromatic rings. The highest BCUT2D eigenvalue weighted by molar-refractivity contribution is 14.0. The van der Waals surface area contributed by atoms with Crippen LogP contribution in [0, 0.1) is 0 Å². The lowest BCUT2D eigenvalue weighted by Crippen LogP contribution is -2.44. The van der Waals surface area contributed by atoms with Crippen LogP contribution in [0.25, 0.3) is 0 Å². The van der Waals surface area contributed by atoms with Gasteiger partial charge in [0.15, 0.2) is 5.96 Å². The Balaban J connectivity index is 0.00000341. The first kappa shape index (κ1) is 24.7. The summed E-state index contributed by atoms with van der Waals surface area (Å²) in [5.41, 5.74) is 1.08. The van der Waals surface area contributed by atoms with Gasteiger partial charge < -0.3 is 24.9 Å². The molecule has 6 nitrogen and oxygen atoms in total. The van der Waals surface area contributed by atoms with Crippen molar-refractivity contribution in [2.24, 2.45) is 4.99 Å². The van der Waals surface area contributed by atoms with Crippen LogP contribution in [-0.4, -0.2) is 24.2 Å². The van der Waals surface area contributed by atoms with Crippen molar-refractivity contribution in [3.63, 3.8) is 0 Å². The lowest BCUT2D eigenvalue weighted by molar-refractivity contribution is 0.0386. The molecule has 0 aliphatic rings. The summed E-state index contributed by atoms with van der Waals surface area (Å²) >= 11 is 0. The second kappa shape index (κ2) is 12.4. The van der Waals surface area contributed by atoms with Gasteiger partial charge in [0.05, 0.1) is 19.4 Å². The van der Waals surface area contributed by atoms with E-state index in [0.717, 1.165) is 23.4 Å². The Labute approximate surface area is 200 Å². The molecule has 0 fully saturated rings. The zero-order valence-corrected chi connectivity index (χ0v) is 20.2. The largest absolute Gasteiger partial charge is 0.489 e. The van der Waals surface area contributed by atoms with Crippen molar-refractivity contribution in [3.05, 3.63) is 89.9 Å². The zero-order valence-electron chi connectivity index (χ0n) is 17.9. The van der Waals surface area contributed by atoms with Gasteiger partial charge in [-0.3, -0.25) is 0 Å². The minimum atomic E-state index is -1.13. The predicted molar refractivity (Wildman–Crippen MR) is 134 cm³/mol. The van der Waals surface area contributed by atoms with Gasteiger partial charge in [0.1, 0.15) is 23.7 Å². The molecule has 0 amide bonds. The summed E-state index contributed by atoms with van der Waals surface area (Å²) < 4.78 is 11.1. The molecule has 0 spiro atoms. The second-order valence-electron chi connectivity index (χ2n) is 7.22. The Bertz CT molecular complexity index is 911. The Kier molecular flexibility index (Phi) is 9.87. The number of guanidine groups is 1. The van der Waals surface area contributed by atoms with Gasteiger partial charge in [0.25, 0.3) is 0 Å². The van der Waals surface area contributed by atoms with Crippen molar-refractivity contribution in [1.29, 1.82) is 0 Å². The van der Waals surface area contributed by atoms with Crippen LogP contribution in [0.2, 0.25) is 0 Å². The van der Waals surface area contributed by atoms with Crippen LogP contribution in [0.1, 0.15) is 30.7 Å². The van der Waals surface area contributed by atoms with E-state index in [9.17, 15) is 5.11 Å². The molecule has 1 aromatic heterocycles. The molecule has 0 saturated heterocycles. The number of nitrogens with zero attached hydrogens (tertiary/aromatic N) is 1. The number of aliphatic imine (C=N–C) groups is 1. The van der Waals surface area contributed by atoms with Crippen LogP contribution in [-0.2, 0) is 18.8 Å². The average molecular weight is 535 g/mol. The van der Waals surface area contributed by atoms with Crippen LogP contribution in [0.15, 0.2) is 82.4 Å². The molecule has 0 saturated carbocycles. The van der Waals surface area contributed by atoms with Crippen molar-refractivity contribution < 1.29 is 14.3 Å². The number of hydrogen-bond acceptors (Lipinski definition) is 4. The predicted octanol–water partition coefficient (Wildman–Crippen LogP) is 4.44. The van der Waals surface area contributed by atoms with Crippen LogP contribution in [0.3, 0.4) is 0 Å². The Morgan fingerprint density at radius 2 is 1.74 bits per heavy atom. The van der Waals surface area contributed by atoms with Crippen molar-refractivity contribution in [3.8, 4) is 5.75 Å². The number of ether oxygens (including phenoxy) is 1. The van der Waals surface area contributed by atoms with Gasteiger partial charge in [-0.05, 0) is 49.2 Å². The van der Waals surface area contributed by atoms with Gasteiger partial charge in [0.2, 0.25) is 0 Å². The molecular weight excluding hydrogens is 505 g/mol. The molecule has 0 bridgehead atoms. The topological polar surface area (TPSA) is 79.0 Å². The molecule has 31 heavy (non-hydrogen) atoms. The first-order valence-electron chi connectivity index (χ1n) is 10.1. The summed E-state index contributed by atoms with van der Waals surface area (Å²) in [4.78, 5) is 4.60. The fraction of sp³-hybridized carbons (Fsp3) is 0.292. The van der Waals surface area contributed by atoms with Crippen molar-refractivity contribution in [2.45, 2.75) is 32.6 Å².